The van der Waals surface area contributed by atoms with Gasteiger partial charge in [-0.15, -0.1) is 0 Å². The predicted octanol–water partition coefficient (Wildman–Crippen LogP) is 0.869. The van der Waals surface area contributed by atoms with E-state index in [1.54, 1.807) is 0 Å². The molecule has 0 aromatic heterocycles. The van der Waals surface area contributed by atoms with Crippen LogP contribution in [0.15, 0.2) is 12.7 Å². The first-order chi connectivity index (χ1) is 6.72. The van der Waals surface area contributed by atoms with Crippen LogP contribution in [0.4, 0.5) is 0 Å². The third-order valence-corrected chi connectivity index (χ3v) is 3.45. The predicted molar refractivity (Wildman–Crippen MR) is 56.0 cm³/mol. The molecule has 0 aromatic rings. The fourth-order valence-electron chi connectivity index (χ4n) is 2.36. The maximum Gasteiger partial charge on any atom is 0.246 e. The van der Waals surface area contributed by atoms with E-state index < -0.39 is 0 Å². The fraction of sp³-hybridized carbons (Fsp3) is 0.727. The molecule has 2 fully saturated rings. The minimum Gasteiger partial charge on any atom is -0.331 e. The van der Waals surface area contributed by atoms with E-state index in [0.29, 0.717) is 0 Å². The lowest BCUT2D eigenvalue weighted by Crippen LogP contribution is -2.56. The molecular formula is C11H18N2O. The molecule has 14 heavy (non-hydrogen) atoms. The number of likely N-dealkylation sites (N-methyl/N-ethyl adjacent to an activating group) is 1. The molecule has 2 aliphatic rings. The highest BCUT2D eigenvalue weighted by Crippen LogP contribution is 2.44. The van der Waals surface area contributed by atoms with E-state index in [9.17, 15) is 4.79 Å². The summed E-state index contributed by atoms with van der Waals surface area (Å²) >= 11 is 0. The topological polar surface area (TPSA) is 23.6 Å². The van der Waals surface area contributed by atoms with E-state index in [1.807, 2.05) is 4.90 Å². The molecule has 3 nitrogen and oxygen atoms in total. The number of amides is 1. The van der Waals surface area contributed by atoms with Gasteiger partial charge in [0.05, 0.1) is 5.54 Å². The van der Waals surface area contributed by atoms with Crippen molar-refractivity contribution < 1.29 is 4.79 Å². The summed E-state index contributed by atoms with van der Waals surface area (Å²) in [6.07, 6.45) is 3.79. The van der Waals surface area contributed by atoms with Crippen LogP contribution in [0.25, 0.3) is 0 Å². The third kappa shape index (κ3) is 1.46. The van der Waals surface area contributed by atoms with E-state index in [-0.39, 0.29) is 11.4 Å². The number of hydrogen-bond donors (Lipinski definition) is 0. The zero-order valence-corrected chi connectivity index (χ0v) is 8.83. The second kappa shape index (κ2) is 3.39. The summed E-state index contributed by atoms with van der Waals surface area (Å²) in [5, 5.41) is 0. The van der Waals surface area contributed by atoms with Crippen LogP contribution in [0, 0.1) is 0 Å². The van der Waals surface area contributed by atoms with E-state index in [4.69, 9.17) is 0 Å². The number of rotatable bonds is 2. The van der Waals surface area contributed by atoms with E-state index in [0.717, 1.165) is 26.2 Å². The van der Waals surface area contributed by atoms with Gasteiger partial charge in [-0.25, -0.2) is 0 Å². The monoisotopic (exact) mass is 194 g/mol. The van der Waals surface area contributed by atoms with Crippen molar-refractivity contribution in [1.82, 2.24) is 9.80 Å². The zero-order chi connectivity index (χ0) is 10.2. The minimum absolute atomic E-state index is 0.109. The number of hydrogen-bond acceptors (Lipinski definition) is 2. The Kier molecular flexibility index (Phi) is 2.35. The smallest absolute Gasteiger partial charge is 0.246 e. The molecule has 78 valence electrons. The first kappa shape index (κ1) is 9.71. The molecule has 1 saturated heterocycles. The van der Waals surface area contributed by atoms with Gasteiger partial charge in [0, 0.05) is 19.6 Å². The van der Waals surface area contributed by atoms with Gasteiger partial charge >= 0.3 is 0 Å². The molecular weight excluding hydrogens is 176 g/mol. The van der Waals surface area contributed by atoms with E-state index in [1.165, 1.54) is 18.9 Å². The van der Waals surface area contributed by atoms with E-state index >= 15 is 0 Å². The van der Waals surface area contributed by atoms with Gasteiger partial charge in [0.25, 0.3) is 0 Å². The molecule has 1 heterocycles. The summed E-state index contributed by atoms with van der Waals surface area (Å²) < 4.78 is 0. The highest BCUT2D eigenvalue weighted by molar-refractivity contribution is 5.88. The summed E-state index contributed by atoms with van der Waals surface area (Å²) in [5.41, 5.74) is 0.180. The van der Waals surface area contributed by atoms with Crippen LogP contribution in [0.3, 0.4) is 0 Å². The molecule has 3 heteroatoms. The summed E-state index contributed by atoms with van der Waals surface area (Å²) in [4.78, 5) is 16.1. The van der Waals surface area contributed by atoms with Crippen molar-refractivity contribution in [3.8, 4) is 0 Å². The van der Waals surface area contributed by atoms with Gasteiger partial charge in [-0.3, -0.25) is 9.69 Å². The van der Waals surface area contributed by atoms with Crippen molar-refractivity contribution in [2.45, 2.75) is 25.3 Å². The van der Waals surface area contributed by atoms with Crippen LogP contribution < -0.4 is 0 Å². The van der Waals surface area contributed by atoms with Gasteiger partial charge in [-0.2, -0.15) is 0 Å². The lowest BCUT2D eigenvalue weighted by Gasteiger charge is -2.41. The van der Waals surface area contributed by atoms with Crippen LogP contribution in [-0.4, -0.2) is 47.4 Å². The standard InChI is InChI=1S/C11H18N2O/c1-3-10(14)13-8-7-12(4-2)9-11(13)5-6-11/h3H,1,4-9H2,2H3. The van der Waals surface area contributed by atoms with Crippen LogP contribution in [-0.2, 0) is 4.79 Å². The van der Waals surface area contributed by atoms with Crippen molar-refractivity contribution in [2.75, 3.05) is 26.2 Å². The Hall–Kier alpha value is -0.830. The lowest BCUT2D eigenvalue weighted by atomic mass is 10.1. The van der Waals surface area contributed by atoms with Crippen molar-refractivity contribution in [1.29, 1.82) is 0 Å². The Labute approximate surface area is 85.4 Å². The normalized spacial score (nSPS) is 25.1. The molecule has 0 unspecified atom stereocenters. The number of carbonyl (C=O) groups is 1. The van der Waals surface area contributed by atoms with Gasteiger partial charge in [0.2, 0.25) is 5.91 Å². The molecule has 0 atom stereocenters. The molecule has 1 spiro atoms. The molecule has 0 bridgehead atoms. The Morgan fingerprint density at radius 3 is 2.71 bits per heavy atom. The summed E-state index contributed by atoms with van der Waals surface area (Å²) in [7, 11) is 0. The fourth-order valence-corrected chi connectivity index (χ4v) is 2.36. The molecule has 1 aliphatic carbocycles. The third-order valence-electron chi connectivity index (χ3n) is 3.45. The Morgan fingerprint density at radius 1 is 1.50 bits per heavy atom. The quantitative estimate of drug-likeness (QED) is 0.609. The summed E-state index contributed by atoms with van der Waals surface area (Å²) in [6.45, 7) is 9.78. The van der Waals surface area contributed by atoms with E-state index in [2.05, 4.69) is 18.4 Å². The highest BCUT2D eigenvalue weighted by Gasteiger charge is 2.52. The second-order valence-electron chi connectivity index (χ2n) is 4.29. The van der Waals surface area contributed by atoms with Crippen molar-refractivity contribution in [3.63, 3.8) is 0 Å². The van der Waals surface area contributed by atoms with Gasteiger partial charge in [0.15, 0.2) is 0 Å². The van der Waals surface area contributed by atoms with Crippen LogP contribution in [0.5, 0.6) is 0 Å². The Morgan fingerprint density at radius 2 is 2.21 bits per heavy atom. The first-order valence-corrected chi connectivity index (χ1v) is 5.38. The molecule has 0 aromatic carbocycles. The zero-order valence-electron chi connectivity index (χ0n) is 8.83. The van der Waals surface area contributed by atoms with Gasteiger partial charge in [-0.05, 0) is 25.5 Å². The Bertz CT molecular complexity index is 258. The minimum atomic E-state index is 0.109. The number of carbonyl (C=O) groups excluding carboxylic acids is 1. The second-order valence-corrected chi connectivity index (χ2v) is 4.29. The average molecular weight is 194 g/mol. The van der Waals surface area contributed by atoms with Crippen LogP contribution in [0.1, 0.15) is 19.8 Å². The molecule has 1 saturated carbocycles. The highest BCUT2D eigenvalue weighted by atomic mass is 16.2. The largest absolute Gasteiger partial charge is 0.331 e. The lowest BCUT2D eigenvalue weighted by molar-refractivity contribution is -0.131. The van der Waals surface area contributed by atoms with Crippen molar-refractivity contribution in [3.05, 3.63) is 12.7 Å². The molecule has 0 radical (unpaired) electrons. The molecule has 2 rings (SSSR count). The van der Waals surface area contributed by atoms with Gasteiger partial charge < -0.3 is 4.90 Å². The maximum atomic E-state index is 11.6. The van der Waals surface area contributed by atoms with Gasteiger partial charge in [0.1, 0.15) is 0 Å². The average Bonchev–Trinajstić information content (AvgIpc) is 2.97. The maximum absolute atomic E-state index is 11.6. The summed E-state index contributed by atoms with van der Waals surface area (Å²) in [6, 6.07) is 0. The van der Waals surface area contributed by atoms with Crippen LogP contribution in [0.2, 0.25) is 0 Å². The Balaban J connectivity index is 2.07. The molecule has 1 aliphatic heterocycles. The molecule has 0 N–H and O–H groups in total. The number of nitrogens with zero attached hydrogens (tertiary/aromatic N) is 2. The summed E-state index contributed by atoms with van der Waals surface area (Å²) in [5.74, 6) is 0.109. The van der Waals surface area contributed by atoms with Gasteiger partial charge in [-0.1, -0.05) is 13.5 Å². The van der Waals surface area contributed by atoms with Crippen molar-refractivity contribution >= 4 is 5.91 Å². The number of piperazine rings is 1. The molecule has 1 amide bonds. The SMILES string of the molecule is C=CC(=O)N1CCN(CC)CC12CC2. The van der Waals surface area contributed by atoms with Crippen LogP contribution >= 0.6 is 0 Å². The first-order valence-electron chi connectivity index (χ1n) is 5.38. The van der Waals surface area contributed by atoms with Crippen molar-refractivity contribution in [2.24, 2.45) is 0 Å².